The molecule has 0 aliphatic carbocycles. The summed E-state index contributed by atoms with van der Waals surface area (Å²) >= 11 is 0. The molecule has 0 radical (unpaired) electrons. The van der Waals surface area contributed by atoms with Crippen molar-refractivity contribution in [2.75, 3.05) is 26.9 Å². The quantitative estimate of drug-likeness (QED) is 0.507. The normalized spacial score (nSPS) is 12.3. The van der Waals surface area contributed by atoms with Crippen molar-refractivity contribution < 1.29 is 19.0 Å². The lowest BCUT2D eigenvalue weighted by Crippen LogP contribution is -2.34. The van der Waals surface area contributed by atoms with Crippen molar-refractivity contribution in [2.45, 2.75) is 19.2 Å². The first-order valence-corrected chi connectivity index (χ1v) is 7.95. The monoisotopic (exact) mass is 331 g/mol. The van der Waals surface area contributed by atoms with E-state index in [1.165, 1.54) is 0 Å². The molecule has 0 fully saturated rings. The maximum absolute atomic E-state index is 10.2. The van der Waals surface area contributed by atoms with Crippen LogP contribution in [0.25, 0.3) is 0 Å². The molecule has 1 aromatic carbocycles. The third kappa shape index (κ3) is 6.20. The molecule has 0 bridgehead atoms. The van der Waals surface area contributed by atoms with Crippen molar-refractivity contribution in [3.05, 3.63) is 66.6 Å². The fourth-order valence-corrected chi connectivity index (χ4v) is 2.48. The van der Waals surface area contributed by atoms with Gasteiger partial charge in [-0.05, 0) is 29.8 Å². The first kappa shape index (κ1) is 18.3. The summed E-state index contributed by atoms with van der Waals surface area (Å²) in [5.74, 6) is 1.68. The second kappa shape index (κ2) is 9.93. The molecule has 5 nitrogen and oxygen atoms in total. The highest BCUT2D eigenvalue weighted by Crippen LogP contribution is 2.16. The number of aliphatic hydroxyl groups excluding tert-OH is 1. The van der Waals surface area contributed by atoms with Crippen molar-refractivity contribution in [3.63, 3.8) is 0 Å². The molecule has 1 N–H and O–H groups in total. The molecule has 24 heavy (non-hydrogen) atoms. The van der Waals surface area contributed by atoms with Gasteiger partial charge in [-0.2, -0.15) is 0 Å². The highest BCUT2D eigenvalue weighted by molar-refractivity contribution is 5.28. The molecule has 5 heteroatoms. The van der Waals surface area contributed by atoms with Gasteiger partial charge < -0.3 is 19.0 Å². The Hall–Kier alpha value is -2.08. The zero-order valence-electron chi connectivity index (χ0n) is 14.1. The summed E-state index contributed by atoms with van der Waals surface area (Å²) in [6.45, 7) is 6.08. The summed E-state index contributed by atoms with van der Waals surface area (Å²) in [5, 5.41) is 10.2. The van der Waals surface area contributed by atoms with Crippen LogP contribution in [0, 0.1) is 0 Å². The van der Waals surface area contributed by atoms with E-state index < -0.39 is 6.10 Å². The average molecular weight is 331 g/mol. The Morgan fingerprint density at radius 1 is 1.29 bits per heavy atom. The molecular weight excluding hydrogens is 306 g/mol. The summed E-state index contributed by atoms with van der Waals surface area (Å²) < 4.78 is 16.0. The average Bonchev–Trinajstić information content (AvgIpc) is 3.08. The fourth-order valence-electron chi connectivity index (χ4n) is 2.48. The van der Waals surface area contributed by atoms with Gasteiger partial charge in [0.1, 0.15) is 11.5 Å². The molecule has 1 aromatic heterocycles. The number of nitrogens with zero attached hydrogens (tertiary/aromatic N) is 1. The Kier molecular flexibility index (Phi) is 7.55. The molecule has 2 aromatic rings. The maximum atomic E-state index is 10.2. The van der Waals surface area contributed by atoms with Crippen LogP contribution in [0.4, 0.5) is 0 Å². The van der Waals surface area contributed by atoms with Crippen LogP contribution in [-0.2, 0) is 17.8 Å². The van der Waals surface area contributed by atoms with Gasteiger partial charge >= 0.3 is 0 Å². The highest BCUT2D eigenvalue weighted by atomic mass is 16.5. The smallest absolute Gasteiger partial charge is 0.119 e. The number of aliphatic hydroxyl groups is 1. The lowest BCUT2D eigenvalue weighted by atomic mass is 10.2. The van der Waals surface area contributed by atoms with Gasteiger partial charge in [0.15, 0.2) is 0 Å². The lowest BCUT2D eigenvalue weighted by molar-refractivity contribution is 0.0216. The van der Waals surface area contributed by atoms with E-state index in [4.69, 9.17) is 13.9 Å². The van der Waals surface area contributed by atoms with Crippen LogP contribution in [0.3, 0.4) is 0 Å². The predicted molar refractivity (Wildman–Crippen MR) is 92.8 cm³/mol. The Balaban J connectivity index is 1.99. The van der Waals surface area contributed by atoms with Crippen molar-refractivity contribution in [1.29, 1.82) is 0 Å². The zero-order chi connectivity index (χ0) is 17.2. The van der Waals surface area contributed by atoms with E-state index in [0.717, 1.165) is 17.1 Å². The number of methoxy groups -OCH3 is 1. The molecule has 0 spiro atoms. The molecule has 1 atom stereocenters. The van der Waals surface area contributed by atoms with Gasteiger partial charge in [-0.25, -0.2) is 0 Å². The number of benzene rings is 1. The van der Waals surface area contributed by atoms with E-state index in [9.17, 15) is 5.11 Å². The summed E-state index contributed by atoms with van der Waals surface area (Å²) in [5.41, 5.74) is 1.11. The molecule has 0 aliphatic heterocycles. The second-order valence-electron chi connectivity index (χ2n) is 5.58. The fraction of sp³-hybridized carbons (Fsp3) is 0.368. The molecule has 0 saturated heterocycles. The van der Waals surface area contributed by atoms with Crippen LogP contribution in [0.15, 0.2) is 59.7 Å². The van der Waals surface area contributed by atoms with Crippen molar-refractivity contribution in [3.8, 4) is 5.75 Å². The van der Waals surface area contributed by atoms with Gasteiger partial charge in [0.2, 0.25) is 0 Å². The third-order valence-electron chi connectivity index (χ3n) is 3.51. The van der Waals surface area contributed by atoms with Crippen LogP contribution in [0.1, 0.15) is 11.3 Å². The number of hydrogen-bond acceptors (Lipinski definition) is 5. The topological polar surface area (TPSA) is 55.1 Å². The number of rotatable bonds is 11. The molecular formula is C19H25NO4. The van der Waals surface area contributed by atoms with Crippen LogP contribution >= 0.6 is 0 Å². The Morgan fingerprint density at radius 3 is 2.88 bits per heavy atom. The third-order valence-corrected chi connectivity index (χ3v) is 3.51. The maximum Gasteiger partial charge on any atom is 0.119 e. The SMILES string of the molecule is C=CCOC[C@H](O)CN(Cc1cccc(OC)c1)Cc1ccco1. The summed E-state index contributed by atoms with van der Waals surface area (Å²) in [6.07, 6.45) is 2.75. The first-order valence-electron chi connectivity index (χ1n) is 7.95. The Morgan fingerprint density at radius 2 is 2.17 bits per heavy atom. The Bertz CT molecular complexity index is 597. The first-order chi connectivity index (χ1) is 11.7. The van der Waals surface area contributed by atoms with Crippen LogP contribution in [0.2, 0.25) is 0 Å². The van der Waals surface area contributed by atoms with Gasteiger partial charge in [-0.3, -0.25) is 4.90 Å². The molecule has 1 heterocycles. The van der Waals surface area contributed by atoms with Gasteiger partial charge in [-0.15, -0.1) is 6.58 Å². The molecule has 0 unspecified atom stereocenters. The minimum Gasteiger partial charge on any atom is -0.497 e. The lowest BCUT2D eigenvalue weighted by Gasteiger charge is -2.24. The van der Waals surface area contributed by atoms with Crippen molar-refractivity contribution >= 4 is 0 Å². The minimum absolute atomic E-state index is 0.277. The Labute approximate surface area is 143 Å². The zero-order valence-corrected chi connectivity index (χ0v) is 14.1. The standard InChI is InChI=1S/C19H25NO4/c1-3-9-23-15-17(21)13-20(14-19-8-5-10-24-19)12-16-6-4-7-18(11-16)22-2/h3-8,10-11,17,21H,1,9,12-15H2,2H3/t17-/m1/s1. The molecule has 130 valence electrons. The molecule has 2 rings (SSSR count). The number of furan rings is 1. The largest absolute Gasteiger partial charge is 0.497 e. The second-order valence-corrected chi connectivity index (χ2v) is 5.58. The van der Waals surface area contributed by atoms with Gasteiger partial charge in [0, 0.05) is 13.1 Å². The van der Waals surface area contributed by atoms with E-state index in [1.807, 2.05) is 36.4 Å². The minimum atomic E-state index is -0.578. The predicted octanol–water partition coefficient (Wildman–Crippen LogP) is 2.85. The van der Waals surface area contributed by atoms with Crippen molar-refractivity contribution in [2.24, 2.45) is 0 Å². The van der Waals surface area contributed by atoms with E-state index in [0.29, 0.717) is 26.2 Å². The van der Waals surface area contributed by atoms with E-state index in [2.05, 4.69) is 11.5 Å². The van der Waals surface area contributed by atoms with Gasteiger partial charge in [-0.1, -0.05) is 18.2 Å². The summed E-state index contributed by atoms with van der Waals surface area (Å²) in [6, 6.07) is 11.7. The number of hydrogen-bond donors (Lipinski definition) is 1. The van der Waals surface area contributed by atoms with E-state index >= 15 is 0 Å². The van der Waals surface area contributed by atoms with Crippen LogP contribution in [-0.4, -0.2) is 43.0 Å². The molecule has 0 amide bonds. The summed E-state index contributed by atoms with van der Waals surface area (Å²) in [7, 11) is 1.65. The van der Waals surface area contributed by atoms with Crippen LogP contribution < -0.4 is 4.74 Å². The molecule has 0 aliphatic rings. The molecule has 0 saturated carbocycles. The van der Waals surface area contributed by atoms with Gasteiger partial charge in [0.05, 0.1) is 39.2 Å². The van der Waals surface area contributed by atoms with E-state index in [-0.39, 0.29) is 6.61 Å². The highest BCUT2D eigenvalue weighted by Gasteiger charge is 2.14. The van der Waals surface area contributed by atoms with Gasteiger partial charge in [0.25, 0.3) is 0 Å². The van der Waals surface area contributed by atoms with Crippen molar-refractivity contribution in [1.82, 2.24) is 4.90 Å². The summed E-state index contributed by atoms with van der Waals surface area (Å²) in [4.78, 5) is 2.12. The van der Waals surface area contributed by atoms with Crippen LogP contribution in [0.5, 0.6) is 5.75 Å². The number of ether oxygens (including phenoxy) is 2. The van der Waals surface area contributed by atoms with E-state index in [1.54, 1.807) is 19.4 Å².